The van der Waals surface area contributed by atoms with Gasteiger partial charge < -0.3 is 5.32 Å². The van der Waals surface area contributed by atoms with E-state index in [4.69, 9.17) is 4.98 Å². The van der Waals surface area contributed by atoms with E-state index < -0.39 is 0 Å². The normalized spacial score (nSPS) is 12.5. The van der Waals surface area contributed by atoms with E-state index in [2.05, 4.69) is 44.4 Å². The van der Waals surface area contributed by atoms with E-state index >= 15 is 0 Å². The van der Waals surface area contributed by atoms with Crippen LogP contribution in [0.25, 0.3) is 10.9 Å². The summed E-state index contributed by atoms with van der Waals surface area (Å²) in [6, 6.07) is 16.5. The Hall–Kier alpha value is -1.78. The molecule has 2 heterocycles. The number of nitrogens with zero attached hydrogens (tertiary/aromatic N) is 2. The molecule has 0 aliphatic rings. The van der Waals surface area contributed by atoms with Crippen LogP contribution in [-0.2, 0) is 6.42 Å². The van der Waals surface area contributed by atoms with Crippen LogP contribution in [0.15, 0.2) is 59.2 Å². The van der Waals surface area contributed by atoms with Gasteiger partial charge in [0.05, 0.1) is 17.3 Å². The van der Waals surface area contributed by atoms with Crippen molar-refractivity contribution < 1.29 is 0 Å². The molecule has 0 fully saturated rings. The van der Waals surface area contributed by atoms with E-state index in [9.17, 15) is 0 Å². The number of hydrogen-bond acceptors (Lipinski definition) is 3. The lowest BCUT2D eigenvalue weighted by Crippen LogP contribution is -2.21. The number of halogens is 1. The molecule has 21 heavy (non-hydrogen) atoms. The topological polar surface area (TPSA) is 37.8 Å². The van der Waals surface area contributed by atoms with Crippen LogP contribution in [0.2, 0.25) is 0 Å². The van der Waals surface area contributed by atoms with Crippen LogP contribution in [0.4, 0.5) is 0 Å². The molecular weight excluding hydrogens is 326 g/mol. The molecule has 0 bridgehead atoms. The van der Waals surface area contributed by atoms with Gasteiger partial charge in [0.25, 0.3) is 0 Å². The molecule has 1 aromatic carbocycles. The Bertz CT molecular complexity index is 758. The van der Waals surface area contributed by atoms with Crippen molar-refractivity contribution in [3.63, 3.8) is 0 Å². The predicted molar refractivity (Wildman–Crippen MR) is 89.2 cm³/mol. The molecular formula is C17H16BrN3. The molecule has 0 spiro atoms. The lowest BCUT2D eigenvalue weighted by atomic mass is 10.1. The highest BCUT2D eigenvalue weighted by molar-refractivity contribution is 9.10. The van der Waals surface area contributed by atoms with E-state index in [1.165, 1.54) is 5.39 Å². The smallest absolute Gasteiger partial charge is 0.0718 e. The second-order valence-corrected chi connectivity index (χ2v) is 5.77. The van der Waals surface area contributed by atoms with E-state index in [-0.39, 0.29) is 6.04 Å². The number of likely N-dealkylation sites (N-methyl/N-ethyl adjacent to an activating group) is 1. The summed E-state index contributed by atoms with van der Waals surface area (Å²) >= 11 is 3.57. The summed E-state index contributed by atoms with van der Waals surface area (Å²) in [5.41, 5.74) is 3.10. The summed E-state index contributed by atoms with van der Waals surface area (Å²) < 4.78 is 1.02. The largest absolute Gasteiger partial charge is 0.311 e. The lowest BCUT2D eigenvalue weighted by molar-refractivity contribution is 0.567. The minimum atomic E-state index is 0.134. The third-order valence-corrected chi connectivity index (χ3v) is 4.21. The molecule has 0 aliphatic heterocycles. The van der Waals surface area contributed by atoms with Gasteiger partial charge in [0.15, 0.2) is 0 Å². The summed E-state index contributed by atoms with van der Waals surface area (Å²) in [6.07, 6.45) is 2.62. The first-order chi connectivity index (χ1) is 10.3. The Morgan fingerprint density at radius 2 is 1.95 bits per heavy atom. The van der Waals surface area contributed by atoms with Gasteiger partial charge >= 0.3 is 0 Å². The number of rotatable bonds is 4. The zero-order valence-electron chi connectivity index (χ0n) is 11.8. The summed E-state index contributed by atoms with van der Waals surface area (Å²) in [4.78, 5) is 9.21. The molecule has 106 valence electrons. The molecule has 1 unspecified atom stereocenters. The molecule has 3 rings (SSSR count). The predicted octanol–water partition coefficient (Wildman–Crippen LogP) is 3.90. The lowest BCUT2D eigenvalue weighted by Gasteiger charge is -2.16. The first-order valence-corrected chi connectivity index (χ1v) is 7.69. The van der Waals surface area contributed by atoms with Crippen molar-refractivity contribution in [1.29, 1.82) is 0 Å². The van der Waals surface area contributed by atoms with Gasteiger partial charge in [0.2, 0.25) is 0 Å². The van der Waals surface area contributed by atoms with Crippen molar-refractivity contribution in [2.45, 2.75) is 12.5 Å². The van der Waals surface area contributed by atoms with Gasteiger partial charge in [0, 0.05) is 28.2 Å². The van der Waals surface area contributed by atoms with Crippen molar-refractivity contribution in [3.05, 3.63) is 70.6 Å². The third kappa shape index (κ3) is 3.12. The number of para-hydroxylation sites is 1. The van der Waals surface area contributed by atoms with E-state index in [0.29, 0.717) is 0 Å². The highest BCUT2D eigenvalue weighted by Gasteiger charge is 2.15. The Balaban J connectivity index is 1.90. The van der Waals surface area contributed by atoms with Gasteiger partial charge in [0.1, 0.15) is 0 Å². The number of fused-ring (bicyclic) bond motifs is 1. The molecule has 0 radical (unpaired) electrons. The summed E-state index contributed by atoms with van der Waals surface area (Å²) in [7, 11) is 1.95. The number of aromatic nitrogens is 2. The molecule has 1 N–H and O–H groups in total. The van der Waals surface area contributed by atoms with Crippen molar-refractivity contribution in [1.82, 2.24) is 15.3 Å². The molecule has 0 saturated heterocycles. The average molecular weight is 342 g/mol. The number of benzene rings is 1. The second kappa shape index (κ2) is 6.33. The maximum Gasteiger partial charge on any atom is 0.0718 e. The monoisotopic (exact) mass is 341 g/mol. The summed E-state index contributed by atoms with van der Waals surface area (Å²) in [5.74, 6) is 0. The molecule has 0 saturated carbocycles. The number of hydrogen-bond donors (Lipinski definition) is 1. The van der Waals surface area contributed by atoms with Crippen LogP contribution in [0.5, 0.6) is 0 Å². The van der Waals surface area contributed by atoms with E-state index in [1.54, 1.807) is 0 Å². The van der Waals surface area contributed by atoms with E-state index in [0.717, 1.165) is 27.8 Å². The van der Waals surface area contributed by atoms with E-state index in [1.807, 2.05) is 43.6 Å². The second-order valence-electron chi connectivity index (χ2n) is 4.91. The molecule has 0 aliphatic carbocycles. The van der Waals surface area contributed by atoms with Crippen LogP contribution >= 0.6 is 15.9 Å². The molecule has 3 nitrogen and oxygen atoms in total. The number of pyridine rings is 2. The van der Waals surface area contributed by atoms with Crippen LogP contribution in [-0.4, -0.2) is 17.0 Å². The van der Waals surface area contributed by atoms with Crippen molar-refractivity contribution in [2.75, 3.05) is 7.05 Å². The Kier molecular flexibility index (Phi) is 4.27. The van der Waals surface area contributed by atoms with Gasteiger partial charge in [-0.3, -0.25) is 9.97 Å². The van der Waals surface area contributed by atoms with Crippen molar-refractivity contribution in [3.8, 4) is 0 Å². The fraction of sp³-hybridized carbons (Fsp3) is 0.176. The first-order valence-electron chi connectivity index (χ1n) is 6.90. The van der Waals surface area contributed by atoms with Gasteiger partial charge in [-0.25, -0.2) is 0 Å². The van der Waals surface area contributed by atoms with Crippen LogP contribution in [0.3, 0.4) is 0 Å². The zero-order valence-corrected chi connectivity index (χ0v) is 13.3. The molecule has 3 aromatic rings. The molecule has 0 amide bonds. The van der Waals surface area contributed by atoms with Gasteiger partial charge in [-0.1, -0.05) is 24.3 Å². The van der Waals surface area contributed by atoms with Crippen LogP contribution < -0.4 is 5.32 Å². The Morgan fingerprint density at radius 3 is 2.76 bits per heavy atom. The average Bonchev–Trinajstić information content (AvgIpc) is 2.53. The summed E-state index contributed by atoms with van der Waals surface area (Å²) in [5, 5.41) is 4.49. The quantitative estimate of drug-likeness (QED) is 0.782. The molecule has 4 heteroatoms. The SMILES string of the molecule is CNC(Cc1ccc2ccccc2n1)c1ncccc1Br. The van der Waals surface area contributed by atoms with Crippen LogP contribution in [0.1, 0.15) is 17.4 Å². The van der Waals surface area contributed by atoms with Gasteiger partial charge in [-0.15, -0.1) is 0 Å². The maximum absolute atomic E-state index is 4.74. The Morgan fingerprint density at radius 1 is 1.10 bits per heavy atom. The highest BCUT2D eigenvalue weighted by Crippen LogP contribution is 2.24. The highest BCUT2D eigenvalue weighted by atomic mass is 79.9. The third-order valence-electron chi connectivity index (χ3n) is 3.53. The van der Waals surface area contributed by atoms with Gasteiger partial charge in [-0.2, -0.15) is 0 Å². The zero-order chi connectivity index (χ0) is 14.7. The number of nitrogens with one attached hydrogen (secondary N) is 1. The summed E-state index contributed by atoms with van der Waals surface area (Å²) in [6.45, 7) is 0. The maximum atomic E-state index is 4.74. The minimum Gasteiger partial charge on any atom is -0.311 e. The van der Waals surface area contributed by atoms with Crippen molar-refractivity contribution >= 4 is 26.8 Å². The van der Waals surface area contributed by atoms with Crippen LogP contribution in [0, 0.1) is 0 Å². The fourth-order valence-corrected chi connectivity index (χ4v) is 2.95. The standard InChI is InChI=1S/C17H16BrN3/c1-19-16(17-14(18)6-4-10-20-17)11-13-9-8-12-5-2-3-7-15(12)21-13/h2-10,16,19H,11H2,1H3. The molecule has 2 aromatic heterocycles. The van der Waals surface area contributed by atoms with Gasteiger partial charge in [-0.05, 0) is 47.2 Å². The Labute approximate surface area is 132 Å². The molecule has 1 atom stereocenters. The first kappa shape index (κ1) is 14.2. The van der Waals surface area contributed by atoms with Crippen molar-refractivity contribution in [2.24, 2.45) is 0 Å². The fourth-order valence-electron chi connectivity index (χ4n) is 2.42. The minimum absolute atomic E-state index is 0.134.